The quantitative estimate of drug-likeness (QED) is 0.847. The van der Waals surface area contributed by atoms with Crippen molar-refractivity contribution in [1.29, 1.82) is 0 Å². The molecule has 0 bridgehead atoms. The van der Waals surface area contributed by atoms with Crippen LogP contribution in [0.25, 0.3) is 0 Å². The van der Waals surface area contributed by atoms with Crippen LogP contribution in [0.3, 0.4) is 0 Å². The van der Waals surface area contributed by atoms with E-state index < -0.39 is 0 Å². The molecular weight excluding hydrogens is 308 g/mol. The molecule has 1 aromatic heterocycles. The molecule has 128 valence electrons. The maximum absolute atomic E-state index is 12.3. The fraction of sp³-hybridized carbons (Fsp3) is 0.333. The highest BCUT2D eigenvalue weighted by molar-refractivity contribution is 5.91. The lowest BCUT2D eigenvalue weighted by atomic mass is 10.1. The summed E-state index contributed by atoms with van der Waals surface area (Å²) in [5.74, 6) is 0.593. The predicted octanol–water partition coefficient (Wildman–Crippen LogP) is 2.63. The Morgan fingerprint density at radius 2 is 2.00 bits per heavy atom. The second-order valence-corrected chi connectivity index (χ2v) is 5.41. The van der Waals surface area contributed by atoms with Crippen molar-refractivity contribution >= 4 is 11.8 Å². The summed E-state index contributed by atoms with van der Waals surface area (Å²) in [5.41, 5.74) is 0.940. The monoisotopic (exact) mass is 330 g/mol. The van der Waals surface area contributed by atoms with Crippen LogP contribution in [0.4, 0.5) is 0 Å². The van der Waals surface area contributed by atoms with Gasteiger partial charge < -0.3 is 19.4 Å². The van der Waals surface area contributed by atoms with E-state index in [1.54, 1.807) is 31.2 Å². The van der Waals surface area contributed by atoms with Crippen molar-refractivity contribution in [2.24, 2.45) is 0 Å². The molecule has 0 spiro atoms. The van der Waals surface area contributed by atoms with Crippen LogP contribution in [0.5, 0.6) is 5.75 Å². The molecule has 2 amide bonds. The van der Waals surface area contributed by atoms with E-state index in [1.165, 1.54) is 6.26 Å². The van der Waals surface area contributed by atoms with Crippen molar-refractivity contribution in [2.75, 3.05) is 20.7 Å². The van der Waals surface area contributed by atoms with Crippen molar-refractivity contribution in [3.63, 3.8) is 0 Å². The van der Waals surface area contributed by atoms with Gasteiger partial charge in [0.15, 0.2) is 5.76 Å². The van der Waals surface area contributed by atoms with Gasteiger partial charge in [-0.3, -0.25) is 9.59 Å². The van der Waals surface area contributed by atoms with Crippen LogP contribution in [-0.2, 0) is 4.79 Å². The van der Waals surface area contributed by atoms with Gasteiger partial charge in [-0.05, 0) is 25.1 Å². The Bertz CT molecular complexity index is 682. The molecule has 1 aromatic carbocycles. The Balaban J connectivity index is 1.88. The lowest BCUT2D eigenvalue weighted by Gasteiger charge is -2.26. The molecule has 1 unspecified atom stereocenters. The minimum absolute atomic E-state index is 0.0619. The number of hydrogen-bond acceptors (Lipinski definition) is 4. The Hall–Kier alpha value is -2.76. The van der Waals surface area contributed by atoms with Gasteiger partial charge in [-0.1, -0.05) is 18.2 Å². The van der Waals surface area contributed by atoms with Gasteiger partial charge in [0.1, 0.15) is 5.75 Å². The molecule has 1 atom stereocenters. The van der Waals surface area contributed by atoms with Gasteiger partial charge in [-0.15, -0.1) is 0 Å². The van der Waals surface area contributed by atoms with Crippen LogP contribution in [0.15, 0.2) is 47.1 Å². The maximum Gasteiger partial charge on any atom is 0.286 e. The van der Waals surface area contributed by atoms with E-state index >= 15 is 0 Å². The summed E-state index contributed by atoms with van der Waals surface area (Å²) in [5, 5.41) is 2.67. The number of hydrogen-bond donors (Lipinski definition) is 1. The van der Waals surface area contributed by atoms with Gasteiger partial charge in [0, 0.05) is 25.6 Å². The minimum Gasteiger partial charge on any atom is -0.496 e. The van der Waals surface area contributed by atoms with Crippen molar-refractivity contribution in [3.8, 4) is 5.75 Å². The van der Waals surface area contributed by atoms with Crippen LogP contribution in [0.2, 0.25) is 0 Å². The summed E-state index contributed by atoms with van der Waals surface area (Å²) < 4.78 is 10.3. The topological polar surface area (TPSA) is 71.8 Å². The molecule has 0 radical (unpaired) electrons. The third-order valence-corrected chi connectivity index (χ3v) is 3.93. The Kier molecular flexibility index (Phi) is 6.01. The molecule has 2 aromatic rings. The van der Waals surface area contributed by atoms with Gasteiger partial charge in [0.25, 0.3) is 5.91 Å². The molecule has 0 aliphatic carbocycles. The van der Waals surface area contributed by atoms with E-state index in [0.29, 0.717) is 0 Å². The van der Waals surface area contributed by atoms with Crippen LogP contribution in [-0.4, -0.2) is 37.4 Å². The van der Waals surface area contributed by atoms with E-state index in [2.05, 4.69) is 5.32 Å². The first-order chi connectivity index (χ1) is 11.5. The molecule has 0 saturated heterocycles. The number of ether oxygens (including phenoxy) is 1. The number of benzene rings is 1. The minimum atomic E-state index is -0.326. The highest BCUT2D eigenvalue weighted by Gasteiger charge is 2.20. The van der Waals surface area contributed by atoms with E-state index in [9.17, 15) is 9.59 Å². The molecule has 6 heteroatoms. The highest BCUT2D eigenvalue weighted by atomic mass is 16.5. The average molecular weight is 330 g/mol. The summed E-state index contributed by atoms with van der Waals surface area (Å²) in [6, 6.07) is 10.7. The maximum atomic E-state index is 12.3. The van der Waals surface area contributed by atoms with Crippen LogP contribution in [0, 0.1) is 0 Å². The van der Waals surface area contributed by atoms with Crippen LogP contribution in [0.1, 0.15) is 35.5 Å². The molecule has 1 N–H and O–H groups in total. The zero-order chi connectivity index (χ0) is 17.5. The molecule has 2 rings (SSSR count). The SMILES string of the molecule is COc1ccccc1C(C)N(C)C(=O)CCNC(=O)c1ccco1. The van der Waals surface area contributed by atoms with E-state index in [4.69, 9.17) is 9.15 Å². The standard InChI is InChI=1S/C18H22N2O4/c1-13(14-7-4-5-8-15(14)23-3)20(2)17(21)10-11-19-18(22)16-9-6-12-24-16/h4-9,12-13H,10-11H2,1-3H3,(H,19,22). The third-order valence-electron chi connectivity index (χ3n) is 3.93. The fourth-order valence-corrected chi connectivity index (χ4v) is 2.39. The molecule has 1 heterocycles. The molecule has 0 saturated carbocycles. The average Bonchev–Trinajstić information content (AvgIpc) is 3.14. The summed E-state index contributed by atoms with van der Waals surface area (Å²) >= 11 is 0. The van der Waals surface area contributed by atoms with Gasteiger partial charge >= 0.3 is 0 Å². The van der Waals surface area contributed by atoms with Gasteiger partial charge in [0.05, 0.1) is 19.4 Å². The fourth-order valence-electron chi connectivity index (χ4n) is 2.39. The number of rotatable bonds is 7. The Labute approximate surface area is 141 Å². The summed E-state index contributed by atoms with van der Waals surface area (Å²) in [6.45, 7) is 2.19. The summed E-state index contributed by atoms with van der Waals surface area (Å²) in [7, 11) is 3.35. The first-order valence-corrected chi connectivity index (χ1v) is 7.75. The number of nitrogens with zero attached hydrogens (tertiary/aromatic N) is 1. The van der Waals surface area contributed by atoms with E-state index in [-0.39, 0.29) is 36.6 Å². The number of furan rings is 1. The number of carbonyl (C=O) groups excluding carboxylic acids is 2. The third kappa shape index (κ3) is 4.16. The summed E-state index contributed by atoms with van der Waals surface area (Å²) in [6.07, 6.45) is 1.64. The molecule has 0 aliphatic rings. The Morgan fingerprint density at radius 1 is 1.25 bits per heavy atom. The number of carbonyl (C=O) groups is 2. The van der Waals surface area contributed by atoms with E-state index in [0.717, 1.165) is 11.3 Å². The summed E-state index contributed by atoms with van der Waals surface area (Å²) in [4.78, 5) is 25.7. The largest absolute Gasteiger partial charge is 0.496 e. The van der Waals surface area contributed by atoms with Gasteiger partial charge in [-0.2, -0.15) is 0 Å². The van der Waals surface area contributed by atoms with Crippen molar-refractivity contribution in [3.05, 3.63) is 54.0 Å². The zero-order valence-electron chi connectivity index (χ0n) is 14.1. The van der Waals surface area contributed by atoms with Crippen molar-refractivity contribution in [1.82, 2.24) is 10.2 Å². The number of methoxy groups -OCH3 is 1. The smallest absolute Gasteiger partial charge is 0.286 e. The predicted molar refractivity (Wildman–Crippen MR) is 89.8 cm³/mol. The van der Waals surface area contributed by atoms with E-state index in [1.807, 2.05) is 31.2 Å². The number of amides is 2. The normalized spacial score (nSPS) is 11.6. The Morgan fingerprint density at radius 3 is 2.67 bits per heavy atom. The van der Waals surface area contributed by atoms with Gasteiger partial charge in [-0.25, -0.2) is 0 Å². The first kappa shape index (κ1) is 17.6. The molecular formula is C18H22N2O4. The molecule has 6 nitrogen and oxygen atoms in total. The van der Waals surface area contributed by atoms with Crippen molar-refractivity contribution < 1.29 is 18.7 Å². The van der Waals surface area contributed by atoms with Gasteiger partial charge in [0.2, 0.25) is 5.91 Å². The highest BCUT2D eigenvalue weighted by Crippen LogP contribution is 2.28. The lowest BCUT2D eigenvalue weighted by Crippen LogP contribution is -2.33. The molecule has 0 aliphatic heterocycles. The number of para-hydroxylation sites is 1. The molecule has 0 fully saturated rings. The van der Waals surface area contributed by atoms with Crippen LogP contribution >= 0.6 is 0 Å². The van der Waals surface area contributed by atoms with Crippen molar-refractivity contribution in [2.45, 2.75) is 19.4 Å². The second kappa shape index (κ2) is 8.19. The number of nitrogens with one attached hydrogen (secondary N) is 1. The second-order valence-electron chi connectivity index (χ2n) is 5.41. The first-order valence-electron chi connectivity index (χ1n) is 7.75. The lowest BCUT2D eigenvalue weighted by molar-refractivity contribution is -0.131. The van der Waals surface area contributed by atoms with Crippen LogP contribution < -0.4 is 10.1 Å². The zero-order valence-corrected chi connectivity index (χ0v) is 14.1. The molecule has 24 heavy (non-hydrogen) atoms.